The Hall–Kier alpha value is -1.99. The van der Waals surface area contributed by atoms with Crippen molar-refractivity contribution >= 4 is 11.9 Å². The van der Waals surface area contributed by atoms with Crippen molar-refractivity contribution in [3.8, 4) is 0 Å². The first-order valence-corrected chi connectivity index (χ1v) is 5.82. The van der Waals surface area contributed by atoms with E-state index in [0.29, 0.717) is 6.04 Å². The van der Waals surface area contributed by atoms with E-state index < -0.39 is 11.9 Å². The Labute approximate surface area is 110 Å². The minimum absolute atomic E-state index is 0.372. The number of likely N-dealkylation sites (tertiary alicyclic amines) is 1. The van der Waals surface area contributed by atoms with Crippen LogP contribution in [-0.2, 0) is 16.1 Å². The van der Waals surface area contributed by atoms with Gasteiger partial charge in [0.2, 0.25) is 0 Å². The van der Waals surface area contributed by atoms with E-state index in [1.807, 2.05) is 12.3 Å². The van der Waals surface area contributed by atoms with Crippen LogP contribution in [0.2, 0.25) is 0 Å². The lowest BCUT2D eigenvalue weighted by Crippen LogP contribution is -2.26. The Morgan fingerprint density at radius 3 is 2.53 bits per heavy atom. The first-order chi connectivity index (χ1) is 8.99. The Bertz CT molecular complexity index is 412. The SMILES string of the molecule is NC1CCN(Cc2cccnc2)C1.O=C(O)C(=O)O. The van der Waals surface area contributed by atoms with Crippen molar-refractivity contribution in [1.29, 1.82) is 0 Å². The van der Waals surface area contributed by atoms with E-state index in [1.54, 1.807) is 6.20 Å². The van der Waals surface area contributed by atoms with Gasteiger partial charge in [-0.05, 0) is 18.1 Å². The quantitative estimate of drug-likeness (QED) is 0.633. The van der Waals surface area contributed by atoms with E-state index in [4.69, 9.17) is 25.5 Å². The molecule has 1 aromatic rings. The van der Waals surface area contributed by atoms with Gasteiger partial charge >= 0.3 is 11.9 Å². The standard InChI is InChI=1S/C10H15N3.C2H2O4/c11-10-3-5-13(8-10)7-9-2-1-4-12-6-9;3-1(4)2(5)6/h1-2,4,6,10H,3,5,7-8,11H2;(H,3,4)(H,5,6). The highest BCUT2D eigenvalue weighted by atomic mass is 16.4. The number of aliphatic carboxylic acids is 2. The third-order valence-electron chi connectivity index (χ3n) is 2.62. The van der Waals surface area contributed by atoms with Crippen LogP contribution in [0.1, 0.15) is 12.0 Å². The molecule has 0 aliphatic carbocycles. The van der Waals surface area contributed by atoms with Crippen molar-refractivity contribution < 1.29 is 19.8 Å². The van der Waals surface area contributed by atoms with E-state index in [2.05, 4.69) is 16.0 Å². The second-order valence-corrected chi connectivity index (χ2v) is 4.26. The summed E-state index contributed by atoms with van der Waals surface area (Å²) in [5.74, 6) is -3.65. The second kappa shape index (κ2) is 7.45. The number of carboxylic acids is 2. The molecule has 19 heavy (non-hydrogen) atoms. The molecule has 104 valence electrons. The number of pyridine rings is 1. The molecule has 1 saturated heterocycles. The van der Waals surface area contributed by atoms with Gasteiger partial charge in [0.15, 0.2) is 0 Å². The third-order valence-corrected chi connectivity index (χ3v) is 2.62. The minimum atomic E-state index is -1.82. The maximum Gasteiger partial charge on any atom is 0.414 e. The first kappa shape index (κ1) is 15.1. The molecule has 1 atom stereocenters. The summed E-state index contributed by atoms with van der Waals surface area (Å²) in [4.78, 5) is 24.7. The summed E-state index contributed by atoms with van der Waals surface area (Å²) >= 11 is 0. The van der Waals surface area contributed by atoms with E-state index >= 15 is 0 Å². The highest BCUT2D eigenvalue weighted by Gasteiger charge is 2.18. The molecule has 2 heterocycles. The van der Waals surface area contributed by atoms with Crippen LogP contribution in [0.25, 0.3) is 0 Å². The predicted octanol–water partition coefficient (Wildman–Crippen LogP) is -0.230. The molecule has 0 spiro atoms. The maximum atomic E-state index is 9.10. The van der Waals surface area contributed by atoms with Crippen molar-refractivity contribution in [2.24, 2.45) is 5.73 Å². The van der Waals surface area contributed by atoms with Gasteiger partial charge in [0.25, 0.3) is 0 Å². The average molecular weight is 267 g/mol. The van der Waals surface area contributed by atoms with Crippen LogP contribution in [0, 0.1) is 0 Å². The average Bonchev–Trinajstić information content (AvgIpc) is 2.76. The molecule has 7 nitrogen and oxygen atoms in total. The summed E-state index contributed by atoms with van der Waals surface area (Å²) < 4.78 is 0. The summed E-state index contributed by atoms with van der Waals surface area (Å²) in [5, 5.41) is 14.8. The molecule has 2 rings (SSSR count). The molecule has 1 aliphatic heterocycles. The van der Waals surface area contributed by atoms with Gasteiger partial charge in [-0.25, -0.2) is 9.59 Å². The lowest BCUT2D eigenvalue weighted by molar-refractivity contribution is -0.159. The number of hydrogen-bond acceptors (Lipinski definition) is 5. The Balaban J connectivity index is 0.000000258. The smallest absolute Gasteiger partial charge is 0.414 e. The molecule has 0 amide bonds. The van der Waals surface area contributed by atoms with Gasteiger partial charge in [-0.3, -0.25) is 9.88 Å². The van der Waals surface area contributed by atoms with Crippen LogP contribution < -0.4 is 5.73 Å². The molecule has 1 aliphatic rings. The van der Waals surface area contributed by atoms with Crippen molar-refractivity contribution in [3.05, 3.63) is 30.1 Å². The Morgan fingerprint density at radius 2 is 2.11 bits per heavy atom. The molecule has 0 radical (unpaired) electrons. The lowest BCUT2D eigenvalue weighted by atomic mass is 10.3. The van der Waals surface area contributed by atoms with E-state index in [0.717, 1.165) is 26.1 Å². The van der Waals surface area contributed by atoms with Crippen LogP contribution in [0.3, 0.4) is 0 Å². The molecule has 0 bridgehead atoms. The largest absolute Gasteiger partial charge is 0.473 e. The number of rotatable bonds is 2. The van der Waals surface area contributed by atoms with Crippen LogP contribution >= 0.6 is 0 Å². The first-order valence-electron chi connectivity index (χ1n) is 5.82. The van der Waals surface area contributed by atoms with Gasteiger partial charge in [0.1, 0.15) is 0 Å². The molecule has 1 aromatic heterocycles. The fourth-order valence-electron chi connectivity index (χ4n) is 1.76. The van der Waals surface area contributed by atoms with Crippen LogP contribution in [0.5, 0.6) is 0 Å². The topological polar surface area (TPSA) is 117 Å². The highest BCUT2D eigenvalue weighted by Crippen LogP contribution is 2.10. The number of hydrogen-bond donors (Lipinski definition) is 3. The number of nitrogens with two attached hydrogens (primary N) is 1. The van der Waals surface area contributed by atoms with Gasteiger partial charge in [-0.15, -0.1) is 0 Å². The van der Waals surface area contributed by atoms with Crippen molar-refractivity contribution in [2.75, 3.05) is 13.1 Å². The zero-order valence-corrected chi connectivity index (χ0v) is 10.4. The third kappa shape index (κ3) is 5.94. The fraction of sp³-hybridized carbons (Fsp3) is 0.417. The van der Waals surface area contributed by atoms with E-state index in [9.17, 15) is 0 Å². The molecular formula is C12H17N3O4. The van der Waals surface area contributed by atoms with Crippen LogP contribution in [0.4, 0.5) is 0 Å². The summed E-state index contributed by atoms with van der Waals surface area (Å²) in [6.07, 6.45) is 4.85. The molecule has 1 unspecified atom stereocenters. The summed E-state index contributed by atoms with van der Waals surface area (Å²) in [7, 11) is 0. The zero-order valence-electron chi connectivity index (χ0n) is 10.4. The van der Waals surface area contributed by atoms with Crippen molar-refractivity contribution in [1.82, 2.24) is 9.88 Å². The molecule has 0 saturated carbocycles. The van der Waals surface area contributed by atoms with E-state index in [-0.39, 0.29) is 0 Å². The number of nitrogens with zero attached hydrogens (tertiary/aromatic N) is 2. The normalized spacial score (nSPS) is 18.5. The summed E-state index contributed by atoms with van der Waals surface area (Å²) in [6, 6.07) is 4.46. The van der Waals surface area contributed by atoms with Gasteiger partial charge in [0.05, 0.1) is 0 Å². The molecule has 7 heteroatoms. The van der Waals surface area contributed by atoms with Gasteiger partial charge in [-0.2, -0.15) is 0 Å². The minimum Gasteiger partial charge on any atom is -0.473 e. The monoisotopic (exact) mass is 267 g/mol. The molecule has 4 N–H and O–H groups in total. The second-order valence-electron chi connectivity index (χ2n) is 4.26. The molecule has 0 aromatic carbocycles. The zero-order chi connectivity index (χ0) is 14.3. The summed E-state index contributed by atoms with van der Waals surface area (Å²) in [5.41, 5.74) is 7.10. The Kier molecular flexibility index (Phi) is 5.91. The number of carbonyl (C=O) groups is 2. The van der Waals surface area contributed by atoms with Crippen LogP contribution in [-0.4, -0.2) is 51.2 Å². The molecule has 1 fully saturated rings. The van der Waals surface area contributed by atoms with Gasteiger partial charge in [-0.1, -0.05) is 6.07 Å². The lowest BCUT2D eigenvalue weighted by Gasteiger charge is -2.14. The van der Waals surface area contributed by atoms with Gasteiger partial charge < -0.3 is 15.9 Å². The number of carboxylic acid groups (broad SMARTS) is 2. The number of aromatic nitrogens is 1. The van der Waals surface area contributed by atoms with Crippen LogP contribution in [0.15, 0.2) is 24.5 Å². The Morgan fingerprint density at radius 1 is 1.42 bits per heavy atom. The molecular weight excluding hydrogens is 250 g/mol. The van der Waals surface area contributed by atoms with Crippen molar-refractivity contribution in [2.45, 2.75) is 19.0 Å². The van der Waals surface area contributed by atoms with E-state index in [1.165, 1.54) is 5.56 Å². The predicted molar refractivity (Wildman–Crippen MR) is 67.4 cm³/mol. The highest BCUT2D eigenvalue weighted by molar-refractivity contribution is 6.27. The van der Waals surface area contributed by atoms with Crippen molar-refractivity contribution in [3.63, 3.8) is 0 Å². The van der Waals surface area contributed by atoms with Gasteiger partial charge in [0, 0.05) is 38.1 Å². The maximum absolute atomic E-state index is 9.10. The fourth-order valence-corrected chi connectivity index (χ4v) is 1.76. The summed E-state index contributed by atoms with van der Waals surface area (Å²) in [6.45, 7) is 3.13.